The second-order valence-electron chi connectivity index (χ2n) is 7.63. The average Bonchev–Trinajstić information content (AvgIpc) is 2.93. The third kappa shape index (κ3) is 3.19. The third-order valence-corrected chi connectivity index (χ3v) is 6.62. The molecule has 0 spiro atoms. The van der Waals surface area contributed by atoms with E-state index >= 15 is 0 Å². The van der Waals surface area contributed by atoms with Gasteiger partial charge in [-0.2, -0.15) is 0 Å². The van der Waals surface area contributed by atoms with E-state index in [2.05, 4.69) is 116 Å². The van der Waals surface area contributed by atoms with Crippen molar-refractivity contribution in [2.45, 2.75) is 25.7 Å². The second kappa shape index (κ2) is 7.12. The molecule has 3 aromatic rings. The van der Waals surface area contributed by atoms with Gasteiger partial charge < -0.3 is 0 Å². The number of fused-ring (bicyclic) bond motifs is 2. The highest BCUT2D eigenvalue weighted by Gasteiger charge is 2.34. The summed E-state index contributed by atoms with van der Waals surface area (Å²) in [6.07, 6.45) is 7.44. The summed E-state index contributed by atoms with van der Waals surface area (Å²) in [5.41, 5.74) is 6.90. The van der Waals surface area contributed by atoms with Crippen molar-refractivity contribution in [2.24, 2.45) is 0 Å². The van der Waals surface area contributed by atoms with Crippen molar-refractivity contribution >= 4 is 38.9 Å². The molecule has 0 nitrogen and oxygen atoms in total. The van der Waals surface area contributed by atoms with Gasteiger partial charge in [-0.3, -0.25) is 0 Å². The summed E-state index contributed by atoms with van der Waals surface area (Å²) in [6.45, 7) is 8.64. The number of hydrogen-bond donors (Lipinski definition) is 0. The molecule has 4 rings (SSSR count). The maximum atomic E-state index is 3.97. The van der Waals surface area contributed by atoms with Gasteiger partial charge in [-0.05, 0) is 68.1 Å². The van der Waals surface area contributed by atoms with Gasteiger partial charge in [0.2, 0.25) is 0 Å². The summed E-state index contributed by atoms with van der Waals surface area (Å²) < 4.78 is 1.28. The van der Waals surface area contributed by atoms with Gasteiger partial charge >= 0.3 is 0 Å². The van der Waals surface area contributed by atoms with Crippen LogP contribution in [0.3, 0.4) is 0 Å². The molecule has 0 radical (unpaired) electrons. The van der Waals surface area contributed by atoms with Crippen molar-refractivity contribution in [3.05, 3.63) is 111 Å². The molecule has 0 N–H and O–H groups in total. The first-order chi connectivity index (χ1) is 13.0. The molecule has 0 atom stereocenters. The van der Waals surface area contributed by atoms with Gasteiger partial charge in [-0.25, -0.2) is 0 Å². The number of benzene rings is 3. The van der Waals surface area contributed by atoms with Gasteiger partial charge in [0, 0.05) is 8.99 Å². The molecule has 0 amide bonds. The Morgan fingerprint density at radius 2 is 1.67 bits per heavy atom. The number of allylic oxidation sites excluding steroid dienone is 5. The fraction of sp³-hybridized carbons (Fsp3) is 0.154. The molecule has 1 aliphatic carbocycles. The van der Waals surface area contributed by atoms with Crippen LogP contribution < -0.4 is 0 Å². The van der Waals surface area contributed by atoms with Gasteiger partial charge in [0.05, 0.1) is 0 Å². The molecule has 0 aliphatic heterocycles. The van der Waals surface area contributed by atoms with Crippen LogP contribution in [0, 0.1) is 3.57 Å². The molecule has 0 heterocycles. The standard InChI is InChI=1S/C26H23I/c1-4-9-18(21-14-15-25(27)23-12-7-6-11-22(21)23)16-20-17-19-10-5-8-13-24(19)26(20,2)3/h4-16H,1,17H2,2-3H3/b18-9+,20-16+. The van der Waals surface area contributed by atoms with E-state index in [1.54, 1.807) is 0 Å². The topological polar surface area (TPSA) is 0 Å². The summed E-state index contributed by atoms with van der Waals surface area (Å²) in [5.74, 6) is 0. The zero-order valence-electron chi connectivity index (χ0n) is 15.8. The van der Waals surface area contributed by atoms with Gasteiger partial charge in [-0.1, -0.05) is 98.8 Å². The fourth-order valence-electron chi connectivity index (χ4n) is 4.16. The normalized spacial score (nSPS) is 17.3. The van der Waals surface area contributed by atoms with Crippen molar-refractivity contribution in [1.29, 1.82) is 0 Å². The van der Waals surface area contributed by atoms with E-state index in [-0.39, 0.29) is 5.41 Å². The summed E-state index contributed by atoms with van der Waals surface area (Å²) in [6, 6.07) is 21.9. The summed E-state index contributed by atoms with van der Waals surface area (Å²) in [4.78, 5) is 0. The zero-order chi connectivity index (χ0) is 19.0. The number of rotatable bonds is 3. The molecule has 0 fully saturated rings. The van der Waals surface area contributed by atoms with Crippen LogP contribution in [0.5, 0.6) is 0 Å². The Labute approximate surface area is 175 Å². The Kier molecular flexibility index (Phi) is 4.81. The van der Waals surface area contributed by atoms with Crippen LogP contribution >= 0.6 is 22.6 Å². The van der Waals surface area contributed by atoms with Gasteiger partial charge in [-0.15, -0.1) is 0 Å². The highest BCUT2D eigenvalue weighted by Crippen LogP contribution is 2.44. The molecule has 0 saturated carbocycles. The minimum atomic E-state index is 0.0514. The van der Waals surface area contributed by atoms with Crippen LogP contribution in [0.25, 0.3) is 16.3 Å². The first-order valence-electron chi connectivity index (χ1n) is 9.32. The molecule has 3 aromatic carbocycles. The first kappa shape index (κ1) is 18.2. The van der Waals surface area contributed by atoms with Crippen LogP contribution in [-0.2, 0) is 11.8 Å². The minimum Gasteiger partial charge on any atom is -0.0990 e. The van der Waals surface area contributed by atoms with Gasteiger partial charge in [0.1, 0.15) is 0 Å². The molecule has 1 aliphatic rings. The first-order valence-corrected chi connectivity index (χ1v) is 10.4. The molecule has 0 aromatic heterocycles. The van der Waals surface area contributed by atoms with Crippen LogP contribution in [0.4, 0.5) is 0 Å². The van der Waals surface area contributed by atoms with E-state index in [4.69, 9.17) is 0 Å². The van der Waals surface area contributed by atoms with E-state index in [9.17, 15) is 0 Å². The molecule has 0 unspecified atom stereocenters. The molecule has 27 heavy (non-hydrogen) atoms. The Morgan fingerprint density at radius 3 is 2.41 bits per heavy atom. The lowest BCUT2D eigenvalue weighted by Crippen LogP contribution is -2.15. The molecular weight excluding hydrogens is 439 g/mol. The largest absolute Gasteiger partial charge is 0.0990 e. The summed E-state index contributed by atoms with van der Waals surface area (Å²) in [7, 11) is 0. The highest BCUT2D eigenvalue weighted by atomic mass is 127. The van der Waals surface area contributed by atoms with Crippen LogP contribution in [0.15, 0.2) is 91.0 Å². The lowest BCUT2D eigenvalue weighted by Gasteiger charge is -2.23. The van der Waals surface area contributed by atoms with Crippen molar-refractivity contribution in [1.82, 2.24) is 0 Å². The van der Waals surface area contributed by atoms with E-state index in [0.29, 0.717) is 0 Å². The lowest BCUT2D eigenvalue weighted by atomic mass is 9.81. The van der Waals surface area contributed by atoms with Crippen molar-refractivity contribution < 1.29 is 0 Å². The monoisotopic (exact) mass is 462 g/mol. The summed E-state index contributed by atoms with van der Waals surface area (Å²) in [5, 5.41) is 2.60. The molecule has 0 bridgehead atoms. The Hall–Kier alpha value is -2.13. The van der Waals surface area contributed by atoms with Crippen LogP contribution in [0.2, 0.25) is 0 Å². The Morgan fingerprint density at radius 1 is 0.963 bits per heavy atom. The van der Waals surface area contributed by atoms with E-state index in [1.807, 2.05) is 6.08 Å². The average molecular weight is 462 g/mol. The Bertz CT molecular complexity index is 1100. The SMILES string of the molecule is C=C/C=C(\C=C1/Cc2ccccc2C1(C)C)c1ccc(I)c2ccccc12. The Balaban J connectivity index is 1.88. The maximum Gasteiger partial charge on any atom is 0.0209 e. The highest BCUT2D eigenvalue weighted by molar-refractivity contribution is 14.1. The molecular formula is C26H23I. The quantitative estimate of drug-likeness (QED) is 0.280. The van der Waals surface area contributed by atoms with Crippen LogP contribution in [-0.4, -0.2) is 0 Å². The predicted octanol–water partition coefficient (Wildman–Crippen LogP) is 7.47. The maximum absolute atomic E-state index is 3.97. The third-order valence-electron chi connectivity index (χ3n) is 5.68. The molecule has 0 saturated heterocycles. The van der Waals surface area contributed by atoms with Crippen LogP contribution in [0.1, 0.15) is 30.5 Å². The van der Waals surface area contributed by atoms with E-state index in [0.717, 1.165) is 6.42 Å². The van der Waals surface area contributed by atoms with E-state index < -0.39 is 0 Å². The minimum absolute atomic E-state index is 0.0514. The summed E-state index contributed by atoms with van der Waals surface area (Å²) >= 11 is 2.42. The van der Waals surface area contributed by atoms with Crippen molar-refractivity contribution in [3.63, 3.8) is 0 Å². The lowest BCUT2D eigenvalue weighted by molar-refractivity contribution is 0.644. The fourth-order valence-corrected chi connectivity index (χ4v) is 4.81. The zero-order valence-corrected chi connectivity index (χ0v) is 18.0. The van der Waals surface area contributed by atoms with Crippen molar-refractivity contribution in [3.8, 4) is 0 Å². The smallest absolute Gasteiger partial charge is 0.0209 e. The van der Waals surface area contributed by atoms with Crippen molar-refractivity contribution in [2.75, 3.05) is 0 Å². The van der Waals surface area contributed by atoms with Gasteiger partial charge in [0.15, 0.2) is 0 Å². The molecule has 134 valence electrons. The molecule has 1 heteroatoms. The predicted molar refractivity (Wildman–Crippen MR) is 126 cm³/mol. The second-order valence-corrected chi connectivity index (χ2v) is 8.79. The number of hydrogen-bond acceptors (Lipinski definition) is 0. The van der Waals surface area contributed by atoms with Gasteiger partial charge in [0.25, 0.3) is 0 Å². The number of halogens is 1. The van der Waals surface area contributed by atoms with E-state index in [1.165, 1.54) is 42.2 Å².